The molecule has 1 atom stereocenters. The number of carbonyl (C=O) groups excluding carboxylic acids is 2. The lowest BCUT2D eigenvalue weighted by atomic mass is 9.95. The Balaban J connectivity index is 2.04. The van der Waals surface area contributed by atoms with E-state index >= 15 is 0 Å². The minimum Gasteiger partial charge on any atom is -0.507 e. The number of methoxy groups -OCH3 is 1. The van der Waals surface area contributed by atoms with E-state index in [9.17, 15) is 19.8 Å². The van der Waals surface area contributed by atoms with Crippen molar-refractivity contribution in [2.45, 2.75) is 39.2 Å². The first-order valence-corrected chi connectivity index (χ1v) is 11.9. The molecule has 0 bridgehead atoms. The van der Waals surface area contributed by atoms with E-state index in [1.807, 2.05) is 0 Å². The van der Waals surface area contributed by atoms with Gasteiger partial charge in [-0.1, -0.05) is 19.4 Å². The number of nitrogens with zero attached hydrogens (tertiary/aromatic N) is 1. The number of ketones is 1. The van der Waals surface area contributed by atoms with Gasteiger partial charge in [0.2, 0.25) is 0 Å². The van der Waals surface area contributed by atoms with Gasteiger partial charge in [0.05, 0.1) is 24.8 Å². The number of rotatable bonds is 12. The normalized spacial score (nSPS) is 17.1. The Bertz CT molecular complexity index is 1060. The van der Waals surface area contributed by atoms with Crippen LogP contribution in [0.25, 0.3) is 5.76 Å². The maximum absolute atomic E-state index is 13.1. The van der Waals surface area contributed by atoms with Gasteiger partial charge < -0.3 is 29.3 Å². The fourth-order valence-corrected chi connectivity index (χ4v) is 4.01. The first-order valence-electron chi connectivity index (χ1n) is 11.9. The molecule has 1 unspecified atom stereocenters. The Morgan fingerprint density at radius 3 is 2.40 bits per heavy atom. The third kappa shape index (κ3) is 5.95. The zero-order chi connectivity index (χ0) is 25.4. The SMILES string of the molecule is CCCCOc1ccc(/C(O)=C2\C(=O)C(=O)N(CCCOC)C2c2ccc(O)c(OCC)c2)cc1. The molecule has 2 N–H and O–H groups in total. The quantitative estimate of drug-likeness (QED) is 0.199. The number of ether oxygens (including phenoxy) is 3. The number of phenolic OH excluding ortho intramolecular Hbond substituents is 1. The lowest BCUT2D eigenvalue weighted by Crippen LogP contribution is -2.31. The van der Waals surface area contributed by atoms with Crippen molar-refractivity contribution in [3.8, 4) is 17.2 Å². The van der Waals surface area contributed by atoms with E-state index in [-0.39, 0.29) is 29.4 Å². The van der Waals surface area contributed by atoms with Gasteiger partial charge in [-0.3, -0.25) is 9.59 Å². The second-order valence-electron chi connectivity index (χ2n) is 8.23. The number of aromatic hydroxyl groups is 1. The van der Waals surface area contributed by atoms with E-state index in [0.717, 1.165) is 12.8 Å². The van der Waals surface area contributed by atoms with Crippen LogP contribution in [0.2, 0.25) is 0 Å². The molecule has 1 aliphatic heterocycles. The highest BCUT2D eigenvalue weighted by atomic mass is 16.5. The van der Waals surface area contributed by atoms with Gasteiger partial charge in [-0.25, -0.2) is 0 Å². The van der Waals surface area contributed by atoms with Gasteiger partial charge in [-0.05, 0) is 61.7 Å². The summed E-state index contributed by atoms with van der Waals surface area (Å²) in [4.78, 5) is 27.5. The third-order valence-corrected chi connectivity index (χ3v) is 5.78. The van der Waals surface area contributed by atoms with E-state index in [0.29, 0.717) is 43.1 Å². The summed E-state index contributed by atoms with van der Waals surface area (Å²) >= 11 is 0. The minimum absolute atomic E-state index is 0.0137. The Labute approximate surface area is 205 Å². The Hall–Kier alpha value is -3.52. The number of hydrogen-bond donors (Lipinski definition) is 2. The number of aliphatic hydroxyl groups excluding tert-OH is 1. The van der Waals surface area contributed by atoms with Crippen LogP contribution in [-0.2, 0) is 14.3 Å². The molecule has 1 heterocycles. The summed E-state index contributed by atoms with van der Waals surface area (Å²) < 4.78 is 16.3. The highest BCUT2D eigenvalue weighted by Crippen LogP contribution is 2.42. The number of aliphatic hydroxyl groups is 1. The topological polar surface area (TPSA) is 106 Å². The number of Topliss-reactive ketones (excluding diaryl/α,β-unsaturated/α-hetero) is 1. The summed E-state index contributed by atoms with van der Waals surface area (Å²) in [7, 11) is 1.57. The molecular formula is C27H33NO7. The predicted octanol–water partition coefficient (Wildman–Crippen LogP) is 4.43. The molecule has 0 aromatic heterocycles. The van der Waals surface area contributed by atoms with E-state index in [4.69, 9.17) is 14.2 Å². The largest absolute Gasteiger partial charge is 0.507 e. The van der Waals surface area contributed by atoms with E-state index in [1.165, 1.54) is 11.0 Å². The molecule has 0 saturated carbocycles. The molecule has 8 heteroatoms. The molecular weight excluding hydrogens is 450 g/mol. The smallest absolute Gasteiger partial charge is 0.295 e. The summed E-state index contributed by atoms with van der Waals surface area (Å²) in [6.07, 6.45) is 2.47. The number of amides is 1. The minimum atomic E-state index is -0.841. The van der Waals surface area contributed by atoms with Gasteiger partial charge in [0.15, 0.2) is 11.5 Å². The van der Waals surface area contributed by atoms with Crippen molar-refractivity contribution in [3.63, 3.8) is 0 Å². The number of benzene rings is 2. The molecule has 1 fully saturated rings. The second-order valence-corrected chi connectivity index (χ2v) is 8.23. The van der Waals surface area contributed by atoms with Gasteiger partial charge in [-0.15, -0.1) is 0 Å². The lowest BCUT2D eigenvalue weighted by molar-refractivity contribution is -0.140. The zero-order valence-electron chi connectivity index (χ0n) is 20.5. The maximum Gasteiger partial charge on any atom is 0.295 e. The molecule has 1 saturated heterocycles. The fraction of sp³-hybridized carbons (Fsp3) is 0.407. The monoisotopic (exact) mass is 483 g/mol. The number of carbonyl (C=O) groups is 2. The summed E-state index contributed by atoms with van der Waals surface area (Å²) in [6.45, 7) is 5.47. The Morgan fingerprint density at radius 1 is 1.00 bits per heavy atom. The van der Waals surface area contributed by atoms with Crippen LogP contribution < -0.4 is 9.47 Å². The number of unbranched alkanes of at least 4 members (excludes halogenated alkanes) is 1. The van der Waals surface area contributed by atoms with Crippen LogP contribution >= 0.6 is 0 Å². The van der Waals surface area contributed by atoms with Crippen LogP contribution in [0.4, 0.5) is 0 Å². The van der Waals surface area contributed by atoms with E-state index in [2.05, 4.69) is 6.92 Å². The average molecular weight is 484 g/mol. The first kappa shape index (κ1) is 26.1. The Kier molecular flexibility index (Phi) is 9.14. The molecule has 35 heavy (non-hydrogen) atoms. The highest BCUT2D eigenvalue weighted by Gasteiger charge is 2.46. The summed E-state index contributed by atoms with van der Waals surface area (Å²) in [6, 6.07) is 10.6. The number of phenols is 1. The van der Waals surface area contributed by atoms with Crippen molar-refractivity contribution in [2.24, 2.45) is 0 Å². The van der Waals surface area contributed by atoms with Crippen molar-refractivity contribution in [1.29, 1.82) is 0 Å². The zero-order valence-corrected chi connectivity index (χ0v) is 20.5. The van der Waals surface area contributed by atoms with Crippen LogP contribution in [0.15, 0.2) is 48.0 Å². The second kappa shape index (κ2) is 12.3. The summed E-state index contributed by atoms with van der Waals surface area (Å²) in [5.74, 6) is -0.885. The van der Waals surface area contributed by atoms with Crippen molar-refractivity contribution in [3.05, 3.63) is 59.2 Å². The number of hydrogen-bond acceptors (Lipinski definition) is 7. The molecule has 1 aliphatic rings. The van der Waals surface area contributed by atoms with Crippen LogP contribution in [0.5, 0.6) is 17.2 Å². The predicted molar refractivity (Wildman–Crippen MR) is 132 cm³/mol. The molecule has 0 aliphatic carbocycles. The van der Waals surface area contributed by atoms with Crippen LogP contribution in [-0.4, -0.2) is 60.3 Å². The molecule has 0 radical (unpaired) electrons. The van der Waals surface area contributed by atoms with Gasteiger partial charge >= 0.3 is 0 Å². The van der Waals surface area contributed by atoms with Crippen LogP contribution in [0.1, 0.15) is 50.3 Å². The molecule has 8 nitrogen and oxygen atoms in total. The fourth-order valence-electron chi connectivity index (χ4n) is 4.01. The molecule has 188 valence electrons. The molecule has 3 rings (SSSR count). The molecule has 1 amide bonds. The van der Waals surface area contributed by atoms with Crippen LogP contribution in [0, 0.1) is 0 Å². The first-order chi connectivity index (χ1) is 16.9. The van der Waals surface area contributed by atoms with Crippen molar-refractivity contribution < 1.29 is 34.0 Å². The standard InChI is InChI=1S/C27H33NO7/c1-4-6-16-35-20-11-8-18(9-12-20)25(30)23-24(19-10-13-21(29)22(17-19)34-5-2)28(14-7-15-33-3)27(32)26(23)31/h8-13,17,24,29-30H,4-7,14-16H2,1-3H3/b25-23+. The molecule has 2 aromatic carbocycles. The van der Waals surface area contributed by atoms with Gasteiger partial charge in [0, 0.05) is 25.8 Å². The average Bonchev–Trinajstić information content (AvgIpc) is 3.11. The highest BCUT2D eigenvalue weighted by molar-refractivity contribution is 6.46. The van der Waals surface area contributed by atoms with Gasteiger partial charge in [-0.2, -0.15) is 0 Å². The van der Waals surface area contributed by atoms with Crippen molar-refractivity contribution >= 4 is 17.4 Å². The molecule has 2 aromatic rings. The van der Waals surface area contributed by atoms with Gasteiger partial charge in [0.25, 0.3) is 11.7 Å². The van der Waals surface area contributed by atoms with Crippen molar-refractivity contribution in [1.82, 2.24) is 4.90 Å². The lowest BCUT2D eigenvalue weighted by Gasteiger charge is -2.25. The number of likely N-dealkylation sites (tertiary alicyclic amines) is 1. The van der Waals surface area contributed by atoms with Crippen molar-refractivity contribution in [2.75, 3.05) is 33.5 Å². The van der Waals surface area contributed by atoms with Crippen LogP contribution in [0.3, 0.4) is 0 Å². The van der Waals surface area contributed by atoms with E-state index in [1.54, 1.807) is 50.4 Å². The van der Waals surface area contributed by atoms with E-state index < -0.39 is 17.7 Å². The van der Waals surface area contributed by atoms with Gasteiger partial charge in [0.1, 0.15) is 11.5 Å². The Morgan fingerprint density at radius 2 is 1.74 bits per heavy atom. The third-order valence-electron chi connectivity index (χ3n) is 5.78. The summed E-state index contributed by atoms with van der Waals surface area (Å²) in [5, 5.41) is 21.3. The molecule has 0 spiro atoms. The summed E-state index contributed by atoms with van der Waals surface area (Å²) in [5.41, 5.74) is 0.931. The maximum atomic E-state index is 13.1.